The van der Waals surface area contributed by atoms with Crippen molar-refractivity contribution < 1.29 is 39.4 Å². The molecule has 0 bridgehead atoms. The molecule has 1 aliphatic rings. The fraction of sp³-hybridized carbons (Fsp3) is 0.438. The molecule has 3 aromatic heterocycles. The molecule has 4 heterocycles. The molecule has 1 aliphatic heterocycles. The molecule has 1 fully saturated rings. The van der Waals surface area contributed by atoms with Gasteiger partial charge in [0, 0.05) is 17.5 Å². The summed E-state index contributed by atoms with van der Waals surface area (Å²) in [6.07, 6.45) is 0.184. The van der Waals surface area contributed by atoms with Gasteiger partial charge in [0.2, 0.25) is 12.7 Å². The zero-order valence-electron chi connectivity index (χ0n) is 26.7. The van der Waals surface area contributed by atoms with E-state index in [0.29, 0.717) is 24.2 Å². The Bertz CT molecular complexity index is 1860. The fourth-order valence-corrected chi connectivity index (χ4v) is 5.11. The lowest BCUT2D eigenvalue weighted by Crippen LogP contribution is -2.56. The van der Waals surface area contributed by atoms with Crippen molar-refractivity contribution in [3.8, 4) is 5.88 Å². The highest BCUT2D eigenvalue weighted by Gasteiger charge is 2.44. The summed E-state index contributed by atoms with van der Waals surface area (Å²) in [5.41, 5.74) is 1.97. The molecule has 2 unspecified atom stereocenters. The van der Waals surface area contributed by atoms with Crippen LogP contribution in [-0.2, 0) is 26.1 Å². The fourth-order valence-electron chi connectivity index (χ4n) is 5.11. The molecule has 16 nitrogen and oxygen atoms in total. The predicted octanol–water partition coefficient (Wildman–Crippen LogP) is -1.09. The lowest BCUT2D eigenvalue weighted by Gasteiger charge is -2.39. The van der Waals surface area contributed by atoms with Gasteiger partial charge in [-0.05, 0) is 30.6 Å². The summed E-state index contributed by atoms with van der Waals surface area (Å²) in [6, 6.07) is 9.21. The molecular weight excluding hydrogens is 626 g/mol. The van der Waals surface area contributed by atoms with Crippen LogP contribution in [0.3, 0.4) is 0 Å². The second-order valence-electron chi connectivity index (χ2n) is 12.3. The van der Waals surface area contributed by atoms with Gasteiger partial charge >= 0.3 is 5.97 Å². The lowest BCUT2D eigenvalue weighted by molar-refractivity contribution is -0.254. The first-order valence-electron chi connectivity index (χ1n) is 15.4. The highest BCUT2D eigenvalue weighted by atomic mass is 16.7. The number of imidazole rings is 1. The molecule has 4 aromatic rings. The number of hydrogen-bond donors (Lipinski definition) is 6. The molecule has 6 N–H and O–H groups in total. The number of hydrogen-bond acceptors (Lipinski definition) is 13. The smallest absolute Gasteiger partial charge is 0.308 e. The Hall–Kier alpha value is -4.74. The number of aromatic nitrogens is 7. The summed E-state index contributed by atoms with van der Waals surface area (Å²) in [6.45, 7) is 5.04. The van der Waals surface area contributed by atoms with E-state index in [1.54, 1.807) is 18.5 Å². The number of esters is 1. The van der Waals surface area contributed by atoms with Crippen LogP contribution in [0.2, 0.25) is 0 Å². The van der Waals surface area contributed by atoms with Crippen molar-refractivity contribution in [3.63, 3.8) is 0 Å². The summed E-state index contributed by atoms with van der Waals surface area (Å²) in [7, 11) is 0. The Morgan fingerprint density at radius 1 is 1.10 bits per heavy atom. The molecule has 0 amide bonds. The van der Waals surface area contributed by atoms with Gasteiger partial charge in [-0.1, -0.05) is 56.3 Å². The average Bonchev–Trinajstić information content (AvgIpc) is 3.73. The minimum Gasteiger partial charge on any atom is -0.438 e. The largest absolute Gasteiger partial charge is 0.438 e. The maximum atomic E-state index is 13.0. The summed E-state index contributed by atoms with van der Waals surface area (Å²) >= 11 is 0. The molecule has 0 radical (unpaired) electrons. The van der Waals surface area contributed by atoms with E-state index < -0.39 is 55.6 Å². The van der Waals surface area contributed by atoms with Gasteiger partial charge in [0.25, 0.3) is 5.56 Å². The topological polar surface area (TPSA) is 231 Å². The van der Waals surface area contributed by atoms with Crippen LogP contribution in [0.4, 0.5) is 0 Å². The van der Waals surface area contributed by atoms with Crippen molar-refractivity contribution in [2.75, 3.05) is 13.4 Å². The van der Waals surface area contributed by atoms with Crippen LogP contribution in [0, 0.1) is 0 Å². The predicted molar refractivity (Wildman–Crippen MR) is 169 cm³/mol. The van der Waals surface area contributed by atoms with E-state index in [-0.39, 0.29) is 28.4 Å². The Morgan fingerprint density at radius 3 is 2.60 bits per heavy atom. The first-order valence-corrected chi connectivity index (χ1v) is 15.4. The van der Waals surface area contributed by atoms with Crippen LogP contribution in [0.1, 0.15) is 62.5 Å². The van der Waals surface area contributed by atoms with Gasteiger partial charge in [-0.15, -0.1) is 5.10 Å². The second kappa shape index (κ2) is 15.0. The maximum absolute atomic E-state index is 13.0. The van der Waals surface area contributed by atoms with Gasteiger partial charge in [0.1, 0.15) is 35.1 Å². The molecule has 0 aliphatic carbocycles. The first-order chi connectivity index (χ1) is 22.9. The van der Waals surface area contributed by atoms with Crippen LogP contribution in [0.15, 0.2) is 47.7 Å². The molecule has 256 valence electrons. The third-order valence-corrected chi connectivity index (χ3v) is 7.65. The second-order valence-corrected chi connectivity index (χ2v) is 12.3. The Kier molecular flexibility index (Phi) is 10.8. The SMILES string of the molecule is CC(C)(C)c1[nH]cnc1C=c1[nH]c(=O)c(=Cc2ccccc2)nc1OCOC(=O)CCCc1cn([C@@H]2O[C@H](CO)C(O)C(O)[C@H]2O)nn1. The van der Waals surface area contributed by atoms with E-state index in [9.17, 15) is 30.0 Å². The van der Waals surface area contributed by atoms with Gasteiger partial charge in [-0.25, -0.2) is 14.6 Å². The first kappa shape index (κ1) is 34.6. The van der Waals surface area contributed by atoms with Gasteiger partial charge < -0.3 is 44.6 Å². The molecule has 0 spiro atoms. The number of aromatic amines is 2. The maximum Gasteiger partial charge on any atom is 0.308 e. The number of rotatable bonds is 11. The number of aliphatic hydroxyl groups is 4. The third-order valence-electron chi connectivity index (χ3n) is 7.65. The number of nitrogens with one attached hydrogen (secondary N) is 2. The van der Waals surface area contributed by atoms with Crippen LogP contribution in [-0.4, -0.2) is 99.1 Å². The molecule has 48 heavy (non-hydrogen) atoms. The molecular formula is C32H39N7O9. The van der Waals surface area contributed by atoms with Crippen LogP contribution in [0.5, 0.6) is 5.88 Å². The van der Waals surface area contributed by atoms with Gasteiger partial charge in [-0.2, -0.15) is 0 Å². The molecule has 5 rings (SSSR count). The van der Waals surface area contributed by atoms with Gasteiger partial charge in [-0.3, -0.25) is 9.59 Å². The van der Waals surface area contributed by atoms with E-state index in [0.717, 1.165) is 11.3 Å². The number of nitrogens with zero attached hydrogens (tertiary/aromatic N) is 5. The van der Waals surface area contributed by atoms with E-state index in [1.165, 1.54) is 10.9 Å². The quantitative estimate of drug-likeness (QED) is 0.0828. The third kappa shape index (κ3) is 8.21. The number of ether oxygens (including phenoxy) is 3. The van der Waals surface area contributed by atoms with E-state index in [2.05, 4.69) is 30.2 Å². The molecule has 0 saturated carbocycles. The number of carbonyl (C=O) groups is 1. The summed E-state index contributed by atoms with van der Waals surface area (Å²) < 4.78 is 17.7. The normalized spacial score (nSPS) is 22.2. The summed E-state index contributed by atoms with van der Waals surface area (Å²) in [5.74, 6) is -0.512. The highest BCUT2D eigenvalue weighted by molar-refractivity contribution is 5.69. The number of aliphatic hydroxyl groups excluding tert-OH is 4. The van der Waals surface area contributed by atoms with Crippen LogP contribution in [0.25, 0.3) is 12.2 Å². The Balaban J connectivity index is 1.23. The molecule has 16 heteroatoms. The average molecular weight is 666 g/mol. The lowest BCUT2D eigenvalue weighted by atomic mass is 9.90. The standard InChI is InChI=1S/C32H39N7O9/c1-32(2,3)28-20(33-16-34-28)13-22-30(36-21(29(45)35-22)12-18-8-5-4-6-9-18)47-17-46-24(41)11-7-10-19-14-39(38-37-19)31-27(44)26(43)25(42)23(15-40)48-31/h4-6,8-9,12-14,16,23,25-27,31,40,42-44H,7,10-11,15,17H2,1-3H3,(H,33,34)(H,35,45)/t23-,25?,26?,27-,31-/m1/s1. The number of H-pyrrole nitrogens is 2. The van der Waals surface area contributed by atoms with E-state index >= 15 is 0 Å². The summed E-state index contributed by atoms with van der Waals surface area (Å²) in [5, 5.41) is 48.0. The summed E-state index contributed by atoms with van der Waals surface area (Å²) in [4.78, 5) is 40.3. The van der Waals surface area contributed by atoms with Gasteiger partial charge in [0.15, 0.2) is 6.23 Å². The van der Waals surface area contributed by atoms with Crippen molar-refractivity contribution in [2.45, 2.75) is 76.1 Å². The Labute approximate surface area is 274 Å². The molecule has 5 atom stereocenters. The number of benzene rings is 1. The Morgan fingerprint density at radius 2 is 1.88 bits per heavy atom. The monoisotopic (exact) mass is 665 g/mol. The minimum atomic E-state index is -1.55. The van der Waals surface area contributed by atoms with E-state index in [1.807, 2.05) is 51.1 Å². The zero-order valence-corrected chi connectivity index (χ0v) is 26.7. The number of carbonyl (C=O) groups excluding carboxylic acids is 1. The van der Waals surface area contributed by atoms with Crippen molar-refractivity contribution >= 4 is 18.1 Å². The van der Waals surface area contributed by atoms with Crippen molar-refractivity contribution in [1.82, 2.24) is 34.9 Å². The van der Waals surface area contributed by atoms with Crippen molar-refractivity contribution in [2.24, 2.45) is 0 Å². The van der Waals surface area contributed by atoms with Gasteiger partial charge in [0.05, 0.1) is 30.5 Å². The number of aryl methyl sites for hydroxylation is 1. The van der Waals surface area contributed by atoms with Crippen molar-refractivity contribution in [1.29, 1.82) is 0 Å². The minimum absolute atomic E-state index is 0.0174. The zero-order chi connectivity index (χ0) is 34.4. The highest BCUT2D eigenvalue weighted by Crippen LogP contribution is 2.28. The molecule has 1 saturated heterocycles. The van der Waals surface area contributed by atoms with Crippen LogP contribution >= 0.6 is 0 Å². The van der Waals surface area contributed by atoms with E-state index in [4.69, 9.17) is 14.2 Å². The van der Waals surface area contributed by atoms with Crippen LogP contribution < -0.4 is 21.0 Å². The molecule has 1 aromatic carbocycles. The van der Waals surface area contributed by atoms with Crippen molar-refractivity contribution in [3.05, 3.63) is 86.6 Å².